The molecule has 4 heteroatoms. The van der Waals surface area contributed by atoms with E-state index in [9.17, 15) is 9.90 Å². The van der Waals surface area contributed by atoms with Crippen LogP contribution in [0.5, 0.6) is 0 Å². The highest BCUT2D eigenvalue weighted by atomic mass is 16.7. The van der Waals surface area contributed by atoms with Crippen LogP contribution in [0.2, 0.25) is 0 Å². The summed E-state index contributed by atoms with van der Waals surface area (Å²) in [4.78, 5) is 12.4. The van der Waals surface area contributed by atoms with E-state index in [0.717, 1.165) is 18.4 Å². The molecule has 3 rings (SSSR count). The topological polar surface area (TPSA) is 55.8 Å². The second-order valence-electron chi connectivity index (χ2n) is 6.09. The van der Waals surface area contributed by atoms with Gasteiger partial charge >= 0.3 is 0 Å². The Balaban J connectivity index is 1.89. The van der Waals surface area contributed by atoms with Crippen LogP contribution in [0.25, 0.3) is 0 Å². The zero-order valence-corrected chi connectivity index (χ0v) is 11.7. The maximum absolute atomic E-state index is 12.4. The van der Waals surface area contributed by atoms with E-state index >= 15 is 0 Å². The van der Waals surface area contributed by atoms with Crippen LogP contribution in [-0.4, -0.2) is 29.4 Å². The normalized spacial score (nSPS) is 40.6. The number of carbonyl (C=O) groups excluding carboxylic acids is 1. The standard InChI is InChI=1S/C16H20O4/c1-9-6-16(19-11(9)3)7-10(2)13-5-4-12(8-17)14(18)15(13)20-16/h4,10,13,15,17H,1,3,5-8H2,2H3/t10-,13+,15+,16+/m0/s1. The number of fused-ring (bicyclic) bond motifs is 1. The van der Waals surface area contributed by atoms with Crippen LogP contribution in [-0.2, 0) is 14.3 Å². The second-order valence-corrected chi connectivity index (χ2v) is 6.09. The highest BCUT2D eigenvalue weighted by molar-refractivity contribution is 6.00. The molecule has 1 N–H and O–H groups in total. The molecule has 0 aromatic rings. The van der Waals surface area contributed by atoms with Crippen LogP contribution < -0.4 is 0 Å². The summed E-state index contributed by atoms with van der Waals surface area (Å²) >= 11 is 0. The summed E-state index contributed by atoms with van der Waals surface area (Å²) in [6.45, 7) is 9.65. The van der Waals surface area contributed by atoms with Crippen molar-refractivity contribution < 1.29 is 19.4 Å². The monoisotopic (exact) mass is 276 g/mol. The number of aliphatic hydroxyl groups is 1. The molecule has 0 saturated carbocycles. The molecular formula is C16H20O4. The van der Waals surface area contributed by atoms with Crippen LogP contribution >= 0.6 is 0 Å². The van der Waals surface area contributed by atoms with E-state index < -0.39 is 11.9 Å². The van der Waals surface area contributed by atoms with Crippen molar-refractivity contribution in [3.8, 4) is 0 Å². The van der Waals surface area contributed by atoms with Gasteiger partial charge in [0, 0.05) is 18.4 Å². The Hall–Kier alpha value is -1.39. The molecule has 20 heavy (non-hydrogen) atoms. The van der Waals surface area contributed by atoms with Crippen LogP contribution in [0.3, 0.4) is 0 Å². The Bertz CT molecular complexity index is 501. The van der Waals surface area contributed by atoms with Gasteiger partial charge in [0.15, 0.2) is 5.78 Å². The molecule has 0 unspecified atom stereocenters. The van der Waals surface area contributed by atoms with Crippen molar-refractivity contribution >= 4 is 5.78 Å². The average molecular weight is 276 g/mol. The zero-order chi connectivity index (χ0) is 14.5. The van der Waals surface area contributed by atoms with Gasteiger partial charge in [0.1, 0.15) is 11.9 Å². The second kappa shape index (κ2) is 4.57. The van der Waals surface area contributed by atoms with Gasteiger partial charge in [-0.15, -0.1) is 0 Å². The molecule has 0 aromatic carbocycles. The van der Waals surface area contributed by atoms with Gasteiger partial charge in [-0.2, -0.15) is 0 Å². The number of ketones is 1. The van der Waals surface area contributed by atoms with E-state index in [1.165, 1.54) is 0 Å². The number of hydrogen-bond acceptors (Lipinski definition) is 4. The lowest BCUT2D eigenvalue weighted by Gasteiger charge is -2.46. The Morgan fingerprint density at radius 2 is 2.25 bits per heavy atom. The number of hydrogen-bond donors (Lipinski definition) is 1. The van der Waals surface area contributed by atoms with Crippen molar-refractivity contribution in [2.75, 3.05) is 6.61 Å². The van der Waals surface area contributed by atoms with Crippen molar-refractivity contribution in [3.63, 3.8) is 0 Å². The first-order chi connectivity index (χ1) is 9.46. The third-order valence-electron chi connectivity index (χ3n) is 4.66. The van der Waals surface area contributed by atoms with Gasteiger partial charge in [-0.25, -0.2) is 0 Å². The molecule has 0 amide bonds. The highest BCUT2D eigenvalue weighted by Gasteiger charge is 2.53. The first-order valence-corrected chi connectivity index (χ1v) is 7.04. The maximum Gasteiger partial charge on any atom is 0.215 e. The lowest BCUT2D eigenvalue weighted by Crippen LogP contribution is -2.53. The molecule has 0 bridgehead atoms. The molecule has 0 radical (unpaired) electrons. The first kappa shape index (κ1) is 13.6. The van der Waals surface area contributed by atoms with E-state index in [2.05, 4.69) is 20.1 Å². The number of aliphatic hydroxyl groups excluding tert-OH is 1. The van der Waals surface area contributed by atoms with Crippen molar-refractivity contribution in [3.05, 3.63) is 36.1 Å². The van der Waals surface area contributed by atoms with Gasteiger partial charge in [0.05, 0.1) is 6.61 Å². The van der Waals surface area contributed by atoms with Gasteiger partial charge in [-0.3, -0.25) is 4.79 Å². The van der Waals surface area contributed by atoms with Crippen LogP contribution in [0, 0.1) is 11.8 Å². The van der Waals surface area contributed by atoms with Gasteiger partial charge in [-0.1, -0.05) is 26.2 Å². The fourth-order valence-electron chi connectivity index (χ4n) is 3.55. The summed E-state index contributed by atoms with van der Waals surface area (Å²) in [7, 11) is 0. The molecule has 4 atom stereocenters. The van der Waals surface area contributed by atoms with E-state index in [0.29, 0.717) is 23.7 Å². The van der Waals surface area contributed by atoms with E-state index in [-0.39, 0.29) is 18.3 Å². The van der Waals surface area contributed by atoms with Crippen molar-refractivity contribution in [2.24, 2.45) is 11.8 Å². The molecule has 108 valence electrons. The summed E-state index contributed by atoms with van der Waals surface area (Å²) in [6, 6.07) is 0. The van der Waals surface area contributed by atoms with Crippen molar-refractivity contribution in [1.29, 1.82) is 0 Å². The minimum absolute atomic E-state index is 0.110. The Labute approximate surface area is 118 Å². The van der Waals surface area contributed by atoms with Crippen LogP contribution in [0.4, 0.5) is 0 Å². The molecule has 2 saturated heterocycles. The maximum atomic E-state index is 12.4. The third kappa shape index (κ3) is 1.95. The fourth-order valence-corrected chi connectivity index (χ4v) is 3.55. The first-order valence-electron chi connectivity index (χ1n) is 7.04. The molecule has 4 nitrogen and oxygen atoms in total. The molecule has 1 aliphatic carbocycles. The Morgan fingerprint density at radius 3 is 2.85 bits per heavy atom. The number of rotatable bonds is 1. The SMILES string of the molecule is C=C1C[C@@]2(C[C@H](C)[C@H]3CC=C(CO)C(=O)[C@@H]3O2)OC1=C. The van der Waals surface area contributed by atoms with Crippen LogP contribution in [0.1, 0.15) is 26.2 Å². The quantitative estimate of drug-likeness (QED) is 0.797. The van der Waals surface area contributed by atoms with Crippen molar-refractivity contribution in [1.82, 2.24) is 0 Å². The summed E-state index contributed by atoms with van der Waals surface area (Å²) in [6.07, 6.45) is 3.39. The minimum Gasteiger partial charge on any atom is -0.462 e. The van der Waals surface area contributed by atoms with E-state index in [1.54, 1.807) is 0 Å². The molecule has 0 aromatic heterocycles. The third-order valence-corrected chi connectivity index (χ3v) is 4.66. The van der Waals surface area contributed by atoms with Gasteiger partial charge in [0.25, 0.3) is 0 Å². The Kier molecular flexibility index (Phi) is 3.10. The summed E-state index contributed by atoms with van der Waals surface area (Å²) in [5.74, 6) is 0.128. The van der Waals surface area contributed by atoms with E-state index in [4.69, 9.17) is 9.47 Å². The van der Waals surface area contributed by atoms with E-state index in [1.807, 2.05) is 6.08 Å². The largest absolute Gasteiger partial charge is 0.462 e. The summed E-state index contributed by atoms with van der Waals surface area (Å²) in [5, 5.41) is 9.25. The Morgan fingerprint density at radius 1 is 1.50 bits per heavy atom. The highest BCUT2D eigenvalue weighted by Crippen LogP contribution is 2.49. The summed E-state index contributed by atoms with van der Waals surface area (Å²) < 4.78 is 11.8. The lowest BCUT2D eigenvalue weighted by atomic mass is 9.73. The van der Waals surface area contributed by atoms with Gasteiger partial charge in [-0.05, 0) is 23.8 Å². The molecular weight excluding hydrogens is 256 g/mol. The predicted molar refractivity (Wildman–Crippen MR) is 73.6 cm³/mol. The number of allylic oxidation sites excluding steroid dienone is 2. The predicted octanol–water partition coefficient (Wildman–Crippen LogP) is 2.11. The zero-order valence-electron chi connectivity index (χ0n) is 11.7. The molecule has 2 heterocycles. The lowest BCUT2D eigenvalue weighted by molar-refractivity contribution is -0.265. The number of carbonyl (C=O) groups is 1. The number of ether oxygens (including phenoxy) is 2. The fraction of sp³-hybridized carbons (Fsp3) is 0.562. The minimum atomic E-state index is -0.789. The molecule has 2 aliphatic heterocycles. The molecule has 3 aliphatic rings. The van der Waals surface area contributed by atoms with Crippen LogP contribution in [0.15, 0.2) is 36.1 Å². The molecule has 1 spiro atoms. The van der Waals surface area contributed by atoms with Gasteiger partial charge in [0.2, 0.25) is 5.79 Å². The summed E-state index contributed by atoms with van der Waals surface area (Å²) in [5.41, 5.74) is 1.28. The average Bonchev–Trinajstić information content (AvgIpc) is 2.65. The van der Waals surface area contributed by atoms with Crippen molar-refractivity contribution in [2.45, 2.75) is 38.1 Å². The molecule has 2 fully saturated rings. The number of Topliss-reactive ketones (excluding diaryl/α,β-unsaturated/α-hetero) is 1. The smallest absolute Gasteiger partial charge is 0.215 e. The van der Waals surface area contributed by atoms with Gasteiger partial charge < -0.3 is 14.6 Å².